The zero-order valence-electron chi connectivity index (χ0n) is 13.4. The number of esters is 1. The molecule has 2 aromatic rings. The number of hydrogen-bond acceptors (Lipinski definition) is 5. The van der Waals surface area contributed by atoms with Crippen LogP contribution in [0.3, 0.4) is 0 Å². The molecule has 0 atom stereocenters. The molecule has 6 nitrogen and oxygen atoms in total. The molecule has 0 spiro atoms. The van der Waals surface area contributed by atoms with Crippen LogP contribution >= 0.6 is 23.2 Å². The van der Waals surface area contributed by atoms with E-state index in [-0.39, 0.29) is 22.9 Å². The largest absolute Gasteiger partial charge is 0.491 e. The molecule has 3 N–H and O–H groups in total. The molecule has 0 saturated heterocycles. The maximum Gasteiger partial charge on any atom is 0.491 e. The Balaban J connectivity index is 2.23. The van der Waals surface area contributed by atoms with Gasteiger partial charge in [-0.3, -0.25) is 4.79 Å². The third-order valence-corrected chi connectivity index (χ3v) is 4.02. The number of carbonyl (C=O) groups excluding carboxylic acids is 2. The second kappa shape index (κ2) is 8.55. The summed E-state index contributed by atoms with van der Waals surface area (Å²) in [6.45, 7) is 0.232. The first kappa shape index (κ1) is 20.9. The number of anilines is 1. The van der Waals surface area contributed by atoms with E-state index >= 15 is 0 Å². The summed E-state index contributed by atoms with van der Waals surface area (Å²) in [5.74, 6) is -3.54. The first-order valence-corrected chi connectivity index (χ1v) is 8.08. The fourth-order valence-corrected chi connectivity index (χ4v) is 2.37. The molecule has 1 amide bonds. The number of nitrogens with two attached hydrogens (primary N) is 1. The third kappa shape index (κ3) is 5.56. The molecule has 0 aliphatic heterocycles. The fraction of sp³-hybridized carbons (Fsp3) is 0.188. The van der Waals surface area contributed by atoms with Gasteiger partial charge in [-0.15, -0.1) is 0 Å². The highest BCUT2D eigenvalue weighted by Gasteiger charge is 2.42. The maximum atomic E-state index is 12.5. The first-order chi connectivity index (χ1) is 12.6. The van der Waals surface area contributed by atoms with Crippen molar-refractivity contribution in [1.82, 2.24) is 4.98 Å². The van der Waals surface area contributed by atoms with E-state index in [1.807, 2.05) is 0 Å². The quantitative estimate of drug-likeness (QED) is 0.569. The maximum absolute atomic E-state index is 12.5. The Morgan fingerprint density at radius 2 is 1.93 bits per heavy atom. The zero-order valence-corrected chi connectivity index (χ0v) is 15.0. The van der Waals surface area contributed by atoms with Crippen LogP contribution in [0.1, 0.15) is 11.1 Å². The summed E-state index contributed by atoms with van der Waals surface area (Å²) in [5, 5.41) is 1.92. The normalized spacial score (nSPS) is 11.2. The topological polar surface area (TPSA) is 94.3 Å². The molecule has 11 heteroatoms. The van der Waals surface area contributed by atoms with Crippen LogP contribution in [0.2, 0.25) is 10.0 Å². The van der Waals surface area contributed by atoms with E-state index in [0.29, 0.717) is 0 Å². The Kier molecular flexibility index (Phi) is 6.63. The Labute approximate surface area is 161 Å². The van der Waals surface area contributed by atoms with E-state index in [2.05, 4.69) is 15.0 Å². The van der Waals surface area contributed by atoms with Crippen molar-refractivity contribution in [1.29, 1.82) is 0 Å². The standard InChI is InChI=1S/C16H12Cl2F3N3O3/c17-10-2-1-9(14(13(10)18)27-15(26)16(19,20)21)6-12(25)24-11-5-8(7-22)3-4-23-11/h1-5H,6-7,22H2,(H,23,24,25). The van der Waals surface area contributed by atoms with Crippen molar-refractivity contribution >= 4 is 40.9 Å². The van der Waals surface area contributed by atoms with Gasteiger partial charge in [0.05, 0.1) is 11.4 Å². The van der Waals surface area contributed by atoms with E-state index in [4.69, 9.17) is 28.9 Å². The number of benzene rings is 1. The number of carbonyl (C=O) groups is 2. The van der Waals surface area contributed by atoms with Gasteiger partial charge in [-0.1, -0.05) is 29.3 Å². The number of halogens is 5. The third-order valence-electron chi connectivity index (χ3n) is 3.24. The second-order valence-electron chi connectivity index (χ2n) is 5.22. The van der Waals surface area contributed by atoms with E-state index in [1.165, 1.54) is 24.4 Å². The molecule has 0 unspecified atom stereocenters. The van der Waals surface area contributed by atoms with Crippen LogP contribution < -0.4 is 15.8 Å². The number of pyridine rings is 1. The van der Waals surface area contributed by atoms with Crippen molar-refractivity contribution in [3.63, 3.8) is 0 Å². The number of nitrogens with one attached hydrogen (secondary N) is 1. The molecule has 1 heterocycles. The smallest absolute Gasteiger partial charge is 0.418 e. The van der Waals surface area contributed by atoms with Gasteiger partial charge in [0.1, 0.15) is 10.8 Å². The van der Waals surface area contributed by atoms with Crippen molar-refractivity contribution in [2.75, 3.05) is 5.32 Å². The Bertz CT molecular complexity index is 876. The molecule has 0 saturated carbocycles. The van der Waals surface area contributed by atoms with Crippen molar-refractivity contribution in [3.8, 4) is 5.75 Å². The SMILES string of the molecule is NCc1ccnc(NC(=O)Cc2ccc(Cl)c(Cl)c2OC(=O)C(F)(F)F)c1. The average Bonchev–Trinajstić information content (AvgIpc) is 2.60. The summed E-state index contributed by atoms with van der Waals surface area (Å²) in [4.78, 5) is 27.3. The predicted molar refractivity (Wildman–Crippen MR) is 92.6 cm³/mol. The summed E-state index contributed by atoms with van der Waals surface area (Å²) < 4.78 is 41.7. The van der Waals surface area contributed by atoms with Gasteiger partial charge in [0.15, 0.2) is 5.75 Å². The molecule has 0 bridgehead atoms. The van der Waals surface area contributed by atoms with Gasteiger partial charge in [-0.25, -0.2) is 9.78 Å². The lowest BCUT2D eigenvalue weighted by Crippen LogP contribution is -2.28. The number of nitrogens with zero attached hydrogens (tertiary/aromatic N) is 1. The van der Waals surface area contributed by atoms with E-state index in [9.17, 15) is 22.8 Å². The average molecular weight is 422 g/mol. The molecule has 1 aromatic heterocycles. The summed E-state index contributed by atoms with van der Waals surface area (Å²) in [7, 11) is 0. The number of rotatable bonds is 5. The predicted octanol–water partition coefficient (Wildman–Crippen LogP) is 3.50. The minimum absolute atomic E-state index is 0.0607. The Hall–Kier alpha value is -2.36. The highest BCUT2D eigenvalue weighted by molar-refractivity contribution is 6.43. The van der Waals surface area contributed by atoms with Gasteiger partial charge in [-0.05, 0) is 23.8 Å². The highest BCUT2D eigenvalue weighted by Crippen LogP contribution is 2.36. The molecular formula is C16H12Cl2F3N3O3. The van der Waals surface area contributed by atoms with Crippen LogP contribution in [0.4, 0.5) is 19.0 Å². The molecule has 0 radical (unpaired) electrons. The number of hydrogen-bond donors (Lipinski definition) is 2. The van der Waals surface area contributed by atoms with E-state index in [1.54, 1.807) is 6.07 Å². The number of amides is 1. The van der Waals surface area contributed by atoms with Gasteiger partial charge < -0.3 is 15.8 Å². The molecule has 0 aliphatic rings. The number of ether oxygens (including phenoxy) is 1. The van der Waals surface area contributed by atoms with Crippen LogP contribution in [0.5, 0.6) is 5.75 Å². The summed E-state index contributed by atoms with van der Waals surface area (Å²) in [6.07, 6.45) is -4.24. The van der Waals surface area contributed by atoms with E-state index < -0.39 is 35.2 Å². The molecule has 1 aromatic carbocycles. The summed E-state index contributed by atoms with van der Waals surface area (Å²) in [6, 6.07) is 5.70. The summed E-state index contributed by atoms with van der Waals surface area (Å²) in [5.41, 5.74) is 6.15. The van der Waals surface area contributed by atoms with Gasteiger partial charge >= 0.3 is 12.1 Å². The monoisotopic (exact) mass is 421 g/mol. The molecule has 144 valence electrons. The van der Waals surface area contributed by atoms with Gasteiger partial charge in [0.25, 0.3) is 0 Å². The Morgan fingerprint density at radius 3 is 2.56 bits per heavy atom. The second-order valence-corrected chi connectivity index (χ2v) is 6.00. The molecule has 0 aliphatic carbocycles. The minimum atomic E-state index is -5.24. The zero-order chi connectivity index (χ0) is 20.2. The van der Waals surface area contributed by atoms with Gasteiger partial charge in [0, 0.05) is 18.3 Å². The van der Waals surface area contributed by atoms with E-state index in [0.717, 1.165) is 5.56 Å². The lowest BCUT2D eigenvalue weighted by Gasteiger charge is -2.14. The Morgan fingerprint density at radius 1 is 1.22 bits per heavy atom. The minimum Gasteiger partial charge on any atom is -0.418 e. The van der Waals surface area contributed by atoms with Crippen LogP contribution in [0, 0.1) is 0 Å². The number of aromatic nitrogens is 1. The van der Waals surface area contributed by atoms with Crippen molar-refractivity contribution in [3.05, 3.63) is 51.6 Å². The molecule has 27 heavy (non-hydrogen) atoms. The van der Waals surface area contributed by atoms with Crippen molar-refractivity contribution in [2.45, 2.75) is 19.1 Å². The van der Waals surface area contributed by atoms with Crippen LogP contribution in [-0.2, 0) is 22.6 Å². The first-order valence-electron chi connectivity index (χ1n) is 7.32. The molecule has 0 fully saturated rings. The number of alkyl halides is 3. The lowest BCUT2D eigenvalue weighted by atomic mass is 10.1. The van der Waals surface area contributed by atoms with Gasteiger partial charge in [0.2, 0.25) is 5.91 Å². The van der Waals surface area contributed by atoms with Gasteiger partial charge in [-0.2, -0.15) is 13.2 Å². The van der Waals surface area contributed by atoms with Crippen LogP contribution in [0.15, 0.2) is 30.5 Å². The lowest BCUT2D eigenvalue weighted by molar-refractivity contribution is -0.189. The molecule has 2 rings (SSSR count). The highest BCUT2D eigenvalue weighted by atomic mass is 35.5. The summed E-state index contributed by atoms with van der Waals surface area (Å²) >= 11 is 11.6. The van der Waals surface area contributed by atoms with Crippen LogP contribution in [0.25, 0.3) is 0 Å². The van der Waals surface area contributed by atoms with Crippen molar-refractivity contribution in [2.24, 2.45) is 5.73 Å². The van der Waals surface area contributed by atoms with Crippen LogP contribution in [-0.4, -0.2) is 23.0 Å². The van der Waals surface area contributed by atoms with Crippen molar-refractivity contribution < 1.29 is 27.5 Å². The molecular weight excluding hydrogens is 410 g/mol. The fourth-order valence-electron chi connectivity index (χ4n) is 2.00.